The van der Waals surface area contributed by atoms with E-state index in [2.05, 4.69) is 6.92 Å². The Hall–Kier alpha value is -1.84. The van der Waals surface area contributed by atoms with Crippen molar-refractivity contribution in [3.05, 3.63) is 28.8 Å². The quantitative estimate of drug-likeness (QED) is 0.758. The number of fused-ring (bicyclic) bond motifs is 1. The summed E-state index contributed by atoms with van der Waals surface area (Å²) in [5, 5.41) is 0. The first-order chi connectivity index (χ1) is 12.5. The van der Waals surface area contributed by atoms with Gasteiger partial charge in [-0.05, 0) is 43.9 Å². The van der Waals surface area contributed by atoms with Crippen LogP contribution in [-0.2, 0) is 4.79 Å². The van der Waals surface area contributed by atoms with E-state index in [1.807, 2.05) is 24.0 Å². The molecule has 4 rings (SSSR count). The predicted molar refractivity (Wildman–Crippen MR) is 101 cm³/mol. The summed E-state index contributed by atoms with van der Waals surface area (Å²) in [5.74, 6) is 1.50. The minimum absolute atomic E-state index is 0.182. The first-order valence-electron chi connectivity index (χ1n) is 10.1. The van der Waals surface area contributed by atoms with E-state index in [0.29, 0.717) is 25.4 Å². The van der Waals surface area contributed by atoms with Crippen LogP contribution in [0.15, 0.2) is 12.1 Å². The molecule has 0 unspecified atom stereocenters. The number of ether oxygens (including phenoxy) is 1. The molecular weight excluding hydrogens is 326 g/mol. The molecule has 4 heteroatoms. The number of hydrogen-bond donors (Lipinski definition) is 0. The smallest absolute Gasteiger partial charge is 0.225 e. The minimum Gasteiger partial charge on any atom is -0.486 e. The van der Waals surface area contributed by atoms with Crippen molar-refractivity contribution < 1.29 is 14.3 Å². The number of Topliss-reactive ketones (excluding diaryl/α,β-unsaturated/α-hetero) is 1. The molecule has 0 aromatic heterocycles. The Morgan fingerprint density at radius 2 is 1.81 bits per heavy atom. The maximum atomic E-state index is 12.8. The fourth-order valence-electron chi connectivity index (χ4n) is 4.80. The molecule has 2 heterocycles. The first-order valence-corrected chi connectivity index (χ1v) is 10.1. The number of ketones is 1. The molecule has 26 heavy (non-hydrogen) atoms. The van der Waals surface area contributed by atoms with Gasteiger partial charge >= 0.3 is 0 Å². The summed E-state index contributed by atoms with van der Waals surface area (Å²) < 4.78 is 6.46. The van der Waals surface area contributed by atoms with E-state index in [1.165, 1.54) is 19.3 Å². The highest BCUT2D eigenvalue weighted by atomic mass is 16.5. The average molecular weight is 355 g/mol. The van der Waals surface area contributed by atoms with Crippen molar-refractivity contribution in [3.8, 4) is 5.75 Å². The van der Waals surface area contributed by atoms with Crippen molar-refractivity contribution >= 4 is 11.7 Å². The number of hydrogen-bond acceptors (Lipinski definition) is 3. The molecule has 2 fully saturated rings. The van der Waals surface area contributed by atoms with Gasteiger partial charge < -0.3 is 9.64 Å². The van der Waals surface area contributed by atoms with Crippen LogP contribution in [0, 0.1) is 19.8 Å². The number of piperidine rings is 1. The molecule has 1 amide bonds. The zero-order valence-corrected chi connectivity index (χ0v) is 16.0. The van der Waals surface area contributed by atoms with Crippen LogP contribution < -0.4 is 4.74 Å². The molecule has 4 nitrogen and oxygen atoms in total. The van der Waals surface area contributed by atoms with Gasteiger partial charge in [0.25, 0.3) is 0 Å². The van der Waals surface area contributed by atoms with Gasteiger partial charge in [-0.3, -0.25) is 9.59 Å². The number of rotatable bonds is 1. The zero-order chi connectivity index (χ0) is 18.3. The van der Waals surface area contributed by atoms with Crippen LogP contribution in [0.4, 0.5) is 0 Å². The molecule has 140 valence electrons. The van der Waals surface area contributed by atoms with Crippen molar-refractivity contribution in [1.82, 2.24) is 4.90 Å². The highest BCUT2D eigenvalue weighted by Crippen LogP contribution is 2.42. The molecule has 0 bridgehead atoms. The molecule has 1 aliphatic carbocycles. The largest absolute Gasteiger partial charge is 0.486 e. The molecule has 0 N–H and O–H groups in total. The summed E-state index contributed by atoms with van der Waals surface area (Å²) in [6.07, 6.45) is 7.66. The Balaban J connectivity index is 1.48. The lowest BCUT2D eigenvalue weighted by atomic mass is 9.81. The summed E-state index contributed by atoms with van der Waals surface area (Å²) in [7, 11) is 0. The predicted octanol–water partition coefficient (Wildman–Crippen LogP) is 4.21. The second-order valence-electron chi connectivity index (χ2n) is 8.43. The monoisotopic (exact) mass is 355 g/mol. The lowest BCUT2D eigenvalue weighted by Crippen LogP contribution is -2.53. The molecule has 1 saturated carbocycles. The summed E-state index contributed by atoms with van der Waals surface area (Å²) in [6.45, 7) is 5.50. The van der Waals surface area contributed by atoms with Crippen LogP contribution >= 0.6 is 0 Å². The van der Waals surface area contributed by atoms with E-state index in [-0.39, 0.29) is 11.7 Å². The van der Waals surface area contributed by atoms with E-state index >= 15 is 0 Å². The average Bonchev–Trinajstić information content (AvgIpc) is 2.66. The fourth-order valence-corrected chi connectivity index (χ4v) is 4.80. The summed E-state index contributed by atoms with van der Waals surface area (Å²) >= 11 is 0. The Morgan fingerprint density at radius 1 is 1.12 bits per heavy atom. The fraction of sp³-hybridized carbons (Fsp3) is 0.636. The van der Waals surface area contributed by atoms with Gasteiger partial charge in [0, 0.05) is 31.8 Å². The molecule has 3 aliphatic rings. The van der Waals surface area contributed by atoms with Crippen LogP contribution in [0.2, 0.25) is 0 Å². The van der Waals surface area contributed by atoms with Crippen molar-refractivity contribution in [3.63, 3.8) is 0 Å². The van der Waals surface area contributed by atoms with Crippen LogP contribution in [0.1, 0.15) is 72.9 Å². The van der Waals surface area contributed by atoms with Crippen LogP contribution in [0.3, 0.4) is 0 Å². The number of carbonyl (C=O) groups excluding carboxylic acids is 2. The van der Waals surface area contributed by atoms with Gasteiger partial charge in [0.2, 0.25) is 5.91 Å². The Labute approximate surface area is 155 Å². The summed E-state index contributed by atoms with van der Waals surface area (Å²) in [5.41, 5.74) is 2.51. The van der Waals surface area contributed by atoms with Crippen molar-refractivity contribution in [2.24, 2.45) is 5.92 Å². The van der Waals surface area contributed by atoms with Crippen LogP contribution in [-0.4, -0.2) is 35.3 Å². The maximum absolute atomic E-state index is 12.8. The molecule has 1 saturated heterocycles. The van der Waals surface area contributed by atoms with E-state index in [9.17, 15) is 9.59 Å². The van der Waals surface area contributed by atoms with E-state index < -0.39 is 5.60 Å². The van der Waals surface area contributed by atoms with Crippen molar-refractivity contribution in [2.45, 2.75) is 70.8 Å². The molecular formula is C22H29NO3. The van der Waals surface area contributed by atoms with Crippen molar-refractivity contribution in [2.75, 3.05) is 13.1 Å². The SMILES string of the molecule is Cc1ccc2c(c1C)OC1(CCN(C(=O)C3CCCCC3)CC1)CC2=O. The standard InChI is InChI=1S/C22H29NO3/c1-15-8-9-18-19(24)14-22(26-20(18)16(15)2)10-12-23(13-11-22)21(25)17-6-4-3-5-7-17/h8-9,17H,3-7,10-14H2,1-2H3. The highest BCUT2D eigenvalue weighted by Gasteiger charge is 2.44. The van der Waals surface area contributed by atoms with E-state index in [1.54, 1.807) is 0 Å². The molecule has 0 radical (unpaired) electrons. The summed E-state index contributed by atoms with van der Waals surface area (Å²) in [6, 6.07) is 3.90. The molecule has 2 aliphatic heterocycles. The van der Waals surface area contributed by atoms with Gasteiger partial charge in [-0.2, -0.15) is 0 Å². The Kier molecular flexibility index (Phi) is 4.54. The molecule has 1 aromatic carbocycles. The first kappa shape index (κ1) is 17.6. The van der Waals surface area contributed by atoms with Gasteiger partial charge in [-0.25, -0.2) is 0 Å². The highest BCUT2D eigenvalue weighted by molar-refractivity contribution is 6.01. The summed E-state index contributed by atoms with van der Waals surface area (Å²) in [4.78, 5) is 27.6. The number of carbonyl (C=O) groups is 2. The topological polar surface area (TPSA) is 46.6 Å². The normalized spacial score (nSPS) is 22.8. The minimum atomic E-state index is -0.425. The third-order valence-electron chi connectivity index (χ3n) is 6.72. The van der Waals surface area contributed by atoms with Crippen LogP contribution in [0.5, 0.6) is 5.75 Å². The maximum Gasteiger partial charge on any atom is 0.225 e. The third-order valence-corrected chi connectivity index (χ3v) is 6.72. The van der Waals surface area contributed by atoms with Crippen molar-refractivity contribution in [1.29, 1.82) is 0 Å². The molecule has 1 spiro atoms. The number of aryl methyl sites for hydroxylation is 1. The van der Waals surface area contributed by atoms with Gasteiger partial charge in [0.05, 0.1) is 12.0 Å². The second-order valence-corrected chi connectivity index (χ2v) is 8.43. The van der Waals surface area contributed by atoms with Gasteiger partial charge in [-0.15, -0.1) is 0 Å². The molecule has 1 aromatic rings. The van der Waals surface area contributed by atoms with Gasteiger partial charge in [0.1, 0.15) is 11.4 Å². The third kappa shape index (κ3) is 3.04. The number of amides is 1. The zero-order valence-electron chi connectivity index (χ0n) is 16.0. The lowest BCUT2D eigenvalue weighted by Gasteiger charge is -2.45. The molecule has 0 atom stereocenters. The van der Waals surface area contributed by atoms with E-state index in [4.69, 9.17) is 4.74 Å². The lowest BCUT2D eigenvalue weighted by molar-refractivity contribution is -0.140. The van der Waals surface area contributed by atoms with E-state index in [0.717, 1.165) is 48.1 Å². The second kappa shape index (κ2) is 6.71. The Bertz CT molecular complexity index is 725. The number of benzene rings is 1. The Morgan fingerprint density at radius 3 is 2.50 bits per heavy atom. The number of nitrogens with zero attached hydrogens (tertiary/aromatic N) is 1. The number of likely N-dealkylation sites (tertiary alicyclic amines) is 1. The van der Waals surface area contributed by atoms with Crippen LogP contribution in [0.25, 0.3) is 0 Å². The van der Waals surface area contributed by atoms with Gasteiger partial charge in [0.15, 0.2) is 5.78 Å². The van der Waals surface area contributed by atoms with Gasteiger partial charge in [-0.1, -0.05) is 25.3 Å².